The summed E-state index contributed by atoms with van der Waals surface area (Å²) < 4.78 is 1.06. The highest BCUT2D eigenvalue weighted by Crippen LogP contribution is 2.30. The number of nitriles is 1. The first-order chi connectivity index (χ1) is 8.20. The molecular weight excluding hydrogens is 296 g/mol. The number of aromatic nitrogens is 1. The Labute approximate surface area is 113 Å². The Morgan fingerprint density at radius 1 is 1.47 bits per heavy atom. The van der Waals surface area contributed by atoms with Crippen molar-refractivity contribution in [3.8, 4) is 16.6 Å². The molecule has 0 radical (unpaired) electrons. The van der Waals surface area contributed by atoms with Crippen LogP contribution in [-0.2, 0) is 6.42 Å². The van der Waals surface area contributed by atoms with E-state index in [0.717, 1.165) is 27.2 Å². The second kappa shape index (κ2) is 5.44. The zero-order valence-electron chi connectivity index (χ0n) is 9.40. The van der Waals surface area contributed by atoms with Gasteiger partial charge < -0.3 is 0 Å². The van der Waals surface area contributed by atoms with Crippen molar-refractivity contribution in [2.75, 3.05) is 0 Å². The fraction of sp³-hybridized carbons (Fsp3) is 0.231. The normalized spacial score (nSPS) is 10.2. The highest BCUT2D eigenvalue weighted by atomic mass is 79.9. The van der Waals surface area contributed by atoms with Gasteiger partial charge in [-0.25, -0.2) is 4.98 Å². The number of benzene rings is 1. The highest BCUT2D eigenvalue weighted by molar-refractivity contribution is 9.10. The quantitative estimate of drug-likeness (QED) is 0.846. The number of nitrogens with zero attached hydrogens (tertiary/aromatic N) is 2. The van der Waals surface area contributed by atoms with Crippen LogP contribution in [0.3, 0.4) is 0 Å². The van der Waals surface area contributed by atoms with Crippen LogP contribution in [0.25, 0.3) is 10.6 Å². The van der Waals surface area contributed by atoms with E-state index < -0.39 is 0 Å². The van der Waals surface area contributed by atoms with Crippen LogP contribution in [0.1, 0.15) is 17.0 Å². The molecule has 2 rings (SSSR count). The van der Waals surface area contributed by atoms with E-state index in [1.807, 2.05) is 19.1 Å². The zero-order valence-corrected chi connectivity index (χ0v) is 11.8. The van der Waals surface area contributed by atoms with E-state index in [9.17, 15) is 0 Å². The van der Waals surface area contributed by atoms with Gasteiger partial charge in [0, 0.05) is 21.3 Å². The predicted molar refractivity (Wildman–Crippen MR) is 73.9 cm³/mol. The molecule has 0 atom stereocenters. The van der Waals surface area contributed by atoms with Gasteiger partial charge in [-0.15, -0.1) is 11.3 Å². The molecule has 0 bridgehead atoms. The van der Waals surface area contributed by atoms with E-state index in [2.05, 4.69) is 39.1 Å². The smallest absolute Gasteiger partial charge is 0.123 e. The predicted octanol–water partition coefficient (Wildman–Crippen LogP) is 4.34. The Bertz CT molecular complexity index is 569. The van der Waals surface area contributed by atoms with Crippen molar-refractivity contribution >= 4 is 27.3 Å². The molecule has 0 N–H and O–H groups in total. The lowest BCUT2D eigenvalue weighted by Gasteiger charge is -1.96. The summed E-state index contributed by atoms with van der Waals surface area (Å²) in [5.41, 5.74) is 2.16. The fourth-order valence-corrected chi connectivity index (χ4v) is 3.03. The lowest BCUT2D eigenvalue weighted by Crippen LogP contribution is -1.82. The first-order valence-corrected chi connectivity index (χ1v) is 6.91. The van der Waals surface area contributed by atoms with Crippen LogP contribution in [0.15, 0.2) is 28.7 Å². The summed E-state index contributed by atoms with van der Waals surface area (Å²) in [6.45, 7) is 2.00. The van der Waals surface area contributed by atoms with Gasteiger partial charge in [-0.1, -0.05) is 28.1 Å². The van der Waals surface area contributed by atoms with Gasteiger partial charge in [0.05, 0.1) is 11.8 Å². The van der Waals surface area contributed by atoms with Crippen LogP contribution < -0.4 is 0 Å². The summed E-state index contributed by atoms with van der Waals surface area (Å²) >= 11 is 5.14. The average Bonchev–Trinajstić information content (AvgIpc) is 2.68. The molecule has 1 aromatic heterocycles. The van der Waals surface area contributed by atoms with Gasteiger partial charge in [0.25, 0.3) is 0 Å². The molecule has 0 saturated carbocycles. The van der Waals surface area contributed by atoms with Gasteiger partial charge in [0.15, 0.2) is 0 Å². The van der Waals surface area contributed by atoms with Crippen molar-refractivity contribution < 1.29 is 0 Å². The van der Waals surface area contributed by atoms with Crippen LogP contribution in [0, 0.1) is 18.3 Å². The van der Waals surface area contributed by atoms with Crippen LogP contribution in [-0.4, -0.2) is 4.98 Å². The second-order valence-corrected chi connectivity index (χ2v) is 5.70. The van der Waals surface area contributed by atoms with Gasteiger partial charge in [0.1, 0.15) is 5.01 Å². The first-order valence-electron chi connectivity index (χ1n) is 5.30. The maximum atomic E-state index is 8.61. The summed E-state index contributed by atoms with van der Waals surface area (Å²) in [6, 6.07) is 10.3. The lowest BCUT2D eigenvalue weighted by atomic mass is 10.2. The Balaban J connectivity index is 2.31. The Morgan fingerprint density at radius 3 is 3.00 bits per heavy atom. The van der Waals surface area contributed by atoms with Crippen molar-refractivity contribution in [2.24, 2.45) is 0 Å². The molecule has 0 aliphatic heterocycles. The molecule has 4 heteroatoms. The van der Waals surface area contributed by atoms with Gasteiger partial charge in [-0.05, 0) is 25.5 Å². The van der Waals surface area contributed by atoms with Crippen LogP contribution in [0.4, 0.5) is 0 Å². The lowest BCUT2D eigenvalue weighted by molar-refractivity contribution is 1.01. The molecule has 0 fully saturated rings. The minimum Gasteiger partial charge on any atom is -0.241 e. The van der Waals surface area contributed by atoms with Gasteiger partial charge in [0.2, 0.25) is 0 Å². The van der Waals surface area contributed by atoms with Gasteiger partial charge in [-0.2, -0.15) is 5.26 Å². The maximum absolute atomic E-state index is 8.61. The Hall–Kier alpha value is -1.18. The third-order valence-corrected chi connectivity index (χ3v) is 4.19. The minimum absolute atomic E-state index is 0.557. The molecule has 17 heavy (non-hydrogen) atoms. The van der Waals surface area contributed by atoms with E-state index in [1.165, 1.54) is 4.88 Å². The molecule has 2 aromatic rings. The molecule has 86 valence electrons. The van der Waals surface area contributed by atoms with E-state index in [-0.39, 0.29) is 0 Å². The zero-order chi connectivity index (χ0) is 12.3. The second-order valence-electron chi connectivity index (χ2n) is 3.70. The number of hydrogen-bond donors (Lipinski definition) is 0. The minimum atomic E-state index is 0.557. The number of aryl methyl sites for hydroxylation is 2. The van der Waals surface area contributed by atoms with Gasteiger partial charge >= 0.3 is 0 Å². The molecule has 0 spiro atoms. The number of halogens is 1. The number of thiazole rings is 1. The molecule has 1 aromatic carbocycles. The summed E-state index contributed by atoms with van der Waals surface area (Å²) in [5, 5.41) is 9.63. The van der Waals surface area contributed by atoms with Crippen molar-refractivity contribution in [3.05, 3.63) is 39.3 Å². The van der Waals surface area contributed by atoms with E-state index >= 15 is 0 Å². The third-order valence-electron chi connectivity index (χ3n) is 2.43. The third kappa shape index (κ3) is 2.93. The summed E-state index contributed by atoms with van der Waals surface area (Å²) in [7, 11) is 0. The molecule has 1 heterocycles. The molecule has 0 saturated heterocycles. The summed E-state index contributed by atoms with van der Waals surface area (Å²) in [4.78, 5) is 5.77. The van der Waals surface area contributed by atoms with Crippen molar-refractivity contribution in [1.82, 2.24) is 4.98 Å². The van der Waals surface area contributed by atoms with Gasteiger partial charge in [-0.3, -0.25) is 0 Å². The summed E-state index contributed by atoms with van der Waals surface area (Å²) in [5.74, 6) is 0. The molecule has 2 nitrogen and oxygen atoms in total. The number of rotatable bonds is 3. The van der Waals surface area contributed by atoms with Crippen molar-refractivity contribution in [3.63, 3.8) is 0 Å². The van der Waals surface area contributed by atoms with E-state index in [0.29, 0.717) is 6.42 Å². The van der Waals surface area contributed by atoms with Crippen molar-refractivity contribution in [1.29, 1.82) is 5.26 Å². The molecule has 0 aliphatic carbocycles. The molecular formula is C13H11BrN2S. The van der Waals surface area contributed by atoms with E-state index in [4.69, 9.17) is 5.26 Å². The van der Waals surface area contributed by atoms with Crippen LogP contribution in [0.5, 0.6) is 0 Å². The Kier molecular flexibility index (Phi) is 3.93. The Morgan fingerprint density at radius 2 is 2.29 bits per heavy atom. The largest absolute Gasteiger partial charge is 0.241 e. The standard InChI is InChI=1S/C13H11BrN2S/c1-9-12(6-3-7-15)17-13(16-9)10-4-2-5-11(14)8-10/h2,4-5,8H,3,6H2,1H3. The van der Waals surface area contributed by atoms with Crippen molar-refractivity contribution in [2.45, 2.75) is 19.8 Å². The van der Waals surface area contributed by atoms with E-state index in [1.54, 1.807) is 11.3 Å². The highest BCUT2D eigenvalue weighted by Gasteiger charge is 2.09. The fourth-order valence-electron chi connectivity index (χ4n) is 1.57. The summed E-state index contributed by atoms with van der Waals surface area (Å²) in [6.07, 6.45) is 1.36. The van der Waals surface area contributed by atoms with Crippen LogP contribution in [0.2, 0.25) is 0 Å². The monoisotopic (exact) mass is 306 g/mol. The molecule has 0 aliphatic rings. The van der Waals surface area contributed by atoms with Crippen LogP contribution >= 0.6 is 27.3 Å². The molecule has 0 amide bonds. The molecule has 0 unspecified atom stereocenters. The first kappa shape index (κ1) is 12.3. The SMILES string of the molecule is Cc1nc(-c2cccc(Br)c2)sc1CCC#N. The number of hydrogen-bond acceptors (Lipinski definition) is 3. The topological polar surface area (TPSA) is 36.7 Å². The average molecular weight is 307 g/mol. The maximum Gasteiger partial charge on any atom is 0.123 e.